The maximum Gasteiger partial charge on any atom is 0.234 e. The second-order valence-corrected chi connectivity index (χ2v) is 7.16. The van der Waals surface area contributed by atoms with E-state index in [1.54, 1.807) is 26.0 Å². The summed E-state index contributed by atoms with van der Waals surface area (Å²) >= 11 is 4.62. The lowest BCUT2D eigenvalue weighted by Gasteiger charge is -2.07. The molecule has 8 heteroatoms. The molecule has 0 radical (unpaired) electrons. The predicted octanol–water partition coefficient (Wildman–Crippen LogP) is 3.56. The van der Waals surface area contributed by atoms with Crippen LogP contribution < -0.4 is 10.6 Å². The zero-order valence-electron chi connectivity index (χ0n) is 13.2. The number of hydrogen-bond acceptors (Lipinski definition) is 5. The van der Waals surface area contributed by atoms with Crippen LogP contribution in [-0.2, 0) is 9.59 Å². The van der Waals surface area contributed by atoms with Gasteiger partial charge in [-0.25, -0.2) is 0 Å². The van der Waals surface area contributed by atoms with Gasteiger partial charge in [-0.2, -0.15) is 0 Å². The van der Waals surface area contributed by atoms with Gasteiger partial charge in [0.1, 0.15) is 5.03 Å². The second-order valence-electron chi connectivity index (χ2n) is 5.24. The first-order chi connectivity index (χ1) is 11.4. The Bertz CT molecular complexity index is 705. The molecule has 0 unspecified atom stereocenters. The molecule has 6 nitrogen and oxygen atoms in total. The van der Waals surface area contributed by atoms with Crippen molar-refractivity contribution in [3.8, 4) is 0 Å². The topological polar surface area (TPSA) is 84.0 Å². The standard InChI is InChI=1S/C16H17BrN4O2S/c1-10(2)16(23)19-13-7-8-15(21-20-13)24-9-14(22)18-12-5-3-11(17)4-6-12/h3-8,10H,9H2,1-2H3,(H,18,22)(H,19,20,23). The van der Waals surface area contributed by atoms with Crippen LogP contribution in [0.15, 0.2) is 45.9 Å². The molecule has 0 saturated carbocycles. The van der Waals surface area contributed by atoms with Crippen LogP contribution >= 0.6 is 27.7 Å². The molecular formula is C16H17BrN4O2S. The minimum Gasteiger partial charge on any atom is -0.325 e. The van der Waals surface area contributed by atoms with Crippen LogP contribution in [0, 0.1) is 5.92 Å². The first-order valence-corrected chi connectivity index (χ1v) is 9.04. The molecule has 0 aliphatic rings. The number of thioether (sulfide) groups is 1. The van der Waals surface area contributed by atoms with Crippen molar-refractivity contribution in [1.29, 1.82) is 0 Å². The van der Waals surface area contributed by atoms with E-state index in [-0.39, 0.29) is 23.5 Å². The highest BCUT2D eigenvalue weighted by Crippen LogP contribution is 2.17. The number of halogens is 1. The summed E-state index contributed by atoms with van der Waals surface area (Å²) in [5.74, 6) is 0.267. The molecule has 126 valence electrons. The van der Waals surface area contributed by atoms with E-state index in [0.29, 0.717) is 10.8 Å². The molecule has 24 heavy (non-hydrogen) atoms. The number of hydrogen-bond donors (Lipinski definition) is 2. The molecule has 0 bridgehead atoms. The molecule has 0 fully saturated rings. The van der Waals surface area contributed by atoms with Crippen molar-refractivity contribution in [3.63, 3.8) is 0 Å². The van der Waals surface area contributed by atoms with Gasteiger partial charge in [-0.3, -0.25) is 9.59 Å². The van der Waals surface area contributed by atoms with Gasteiger partial charge in [-0.05, 0) is 36.4 Å². The predicted molar refractivity (Wildman–Crippen MR) is 99.0 cm³/mol. The van der Waals surface area contributed by atoms with Gasteiger partial charge in [0.15, 0.2) is 5.82 Å². The molecule has 0 atom stereocenters. The highest BCUT2D eigenvalue weighted by atomic mass is 79.9. The number of aromatic nitrogens is 2. The van der Waals surface area contributed by atoms with Gasteiger partial charge in [0.25, 0.3) is 0 Å². The molecule has 2 aromatic rings. The molecule has 0 aliphatic carbocycles. The molecule has 1 aromatic heterocycles. The summed E-state index contributed by atoms with van der Waals surface area (Å²) in [7, 11) is 0. The smallest absolute Gasteiger partial charge is 0.234 e. The Hall–Kier alpha value is -1.93. The molecule has 0 aliphatic heterocycles. The van der Waals surface area contributed by atoms with Crippen molar-refractivity contribution >= 4 is 51.0 Å². The third kappa shape index (κ3) is 5.93. The number of nitrogens with zero attached hydrogens (tertiary/aromatic N) is 2. The van der Waals surface area contributed by atoms with Crippen molar-refractivity contribution in [2.75, 3.05) is 16.4 Å². The van der Waals surface area contributed by atoms with E-state index >= 15 is 0 Å². The summed E-state index contributed by atoms with van der Waals surface area (Å²) in [5, 5.41) is 14.0. The molecule has 2 amide bonds. The quantitative estimate of drug-likeness (QED) is 0.713. The van der Waals surface area contributed by atoms with E-state index in [9.17, 15) is 9.59 Å². The number of nitrogens with one attached hydrogen (secondary N) is 2. The lowest BCUT2D eigenvalue weighted by Crippen LogP contribution is -2.18. The maximum absolute atomic E-state index is 11.9. The van der Waals surface area contributed by atoms with E-state index < -0.39 is 0 Å². The summed E-state index contributed by atoms with van der Waals surface area (Å²) in [6.07, 6.45) is 0. The Kier molecular flexibility index (Phi) is 6.74. The van der Waals surface area contributed by atoms with Crippen molar-refractivity contribution in [1.82, 2.24) is 10.2 Å². The lowest BCUT2D eigenvalue weighted by atomic mass is 10.2. The van der Waals surface area contributed by atoms with Crippen LogP contribution in [0.5, 0.6) is 0 Å². The lowest BCUT2D eigenvalue weighted by molar-refractivity contribution is -0.119. The Balaban J connectivity index is 1.82. The Morgan fingerprint density at radius 3 is 2.38 bits per heavy atom. The number of rotatable bonds is 6. The minimum absolute atomic E-state index is 0.112. The fraction of sp³-hybridized carbons (Fsp3) is 0.250. The minimum atomic E-state index is -0.124. The fourth-order valence-electron chi connectivity index (χ4n) is 1.60. The highest BCUT2D eigenvalue weighted by molar-refractivity contribution is 9.10. The first-order valence-electron chi connectivity index (χ1n) is 7.27. The molecule has 2 N–H and O–H groups in total. The summed E-state index contributed by atoms with van der Waals surface area (Å²) in [5.41, 5.74) is 0.738. The van der Waals surface area contributed by atoms with E-state index in [1.807, 2.05) is 24.3 Å². The van der Waals surface area contributed by atoms with Gasteiger partial charge < -0.3 is 10.6 Å². The van der Waals surface area contributed by atoms with E-state index in [0.717, 1.165) is 10.2 Å². The number of benzene rings is 1. The number of carbonyl (C=O) groups excluding carboxylic acids is 2. The van der Waals surface area contributed by atoms with Gasteiger partial charge in [-0.1, -0.05) is 41.5 Å². The van der Waals surface area contributed by atoms with Crippen LogP contribution in [0.25, 0.3) is 0 Å². The van der Waals surface area contributed by atoms with Crippen LogP contribution in [-0.4, -0.2) is 27.8 Å². The van der Waals surface area contributed by atoms with Crippen LogP contribution in [0.4, 0.5) is 11.5 Å². The second kappa shape index (κ2) is 8.79. The molecule has 1 aromatic carbocycles. The van der Waals surface area contributed by atoms with Gasteiger partial charge in [0.2, 0.25) is 11.8 Å². The van der Waals surface area contributed by atoms with E-state index in [4.69, 9.17) is 0 Å². The number of amides is 2. The van der Waals surface area contributed by atoms with Gasteiger partial charge in [-0.15, -0.1) is 10.2 Å². The monoisotopic (exact) mass is 408 g/mol. The van der Waals surface area contributed by atoms with Crippen molar-refractivity contribution in [2.24, 2.45) is 5.92 Å². The SMILES string of the molecule is CC(C)C(=O)Nc1ccc(SCC(=O)Nc2ccc(Br)cc2)nn1. The van der Waals surface area contributed by atoms with Crippen LogP contribution in [0.3, 0.4) is 0 Å². The van der Waals surface area contributed by atoms with Gasteiger partial charge in [0.05, 0.1) is 5.75 Å². The zero-order chi connectivity index (χ0) is 17.5. The normalized spacial score (nSPS) is 10.5. The average molecular weight is 409 g/mol. The van der Waals surface area contributed by atoms with Crippen molar-refractivity contribution in [2.45, 2.75) is 18.9 Å². The van der Waals surface area contributed by atoms with Gasteiger partial charge >= 0.3 is 0 Å². The molecule has 0 saturated heterocycles. The molecule has 1 heterocycles. The molecular weight excluding hydrogens is 392 g/mol. The summed E-state index contributed by atoms with van der Waals surface area (Å²) in [4.78, 5) is 23.5. The van der Waals surface area contributed by atoms with Gasteiger partial charge in [0, 0.05) is 16.1 Å². The zero-order valence-corrected chi connectivity index (χ0v) is 15.6. The number of anilines is 2. The Morgan fingerprint density at radius 2 is 1.79 bits per heavy atom. The van der Waals surface area contributed by atoms with Crippen molar-refractivity contribution < 1.29 is 9.59 Å². The maximum atomic E-state index is 11.9. The third-order valence-corrected chi connectivity index (χ3v) is 4.34. The third-order valence-electron chi connectivity index (χ3n) is 2.89. The fourth-order valence-corrected chi connectivity index (χ4v) is 2.48. The van der Waals surface area contributed by atoms with Crippen LogP contribution in [0.1, 0.15) is 13.8 Å². The Morgan fingerprint density at radius 1 is 1.08 bits per heavy atom. The molecule has 2 rings (SSSR count). The Labute approximate surface area is 152 Å². The summed E-state index contributed by atoms with van der Waals surface area (Å²) < 4.78 is 0.954. The molecule has 0 spiro atoms. The summed E-state index contributed by atoms with van der Waals surface area (Å²) in [6.45, 7) is 3.61. The largest absolute Gasteiger partial charge is 0.325 e. The number of carbonyl (C=O) groups is 2. The van der Waals surface area contributed by atoms with Crippen LogP contribution in [0.2, 0.25) is 0 Å². The van der Waals surface area contributed by atoms with Crippen molar-refractivity contribution in [3.05, 3.63) is 40.9 Å². The average Bonchev–Trinajstić information content (AvgIpc) is 2.56. The van der Waals surface area contributed by atoms with E-state index in [1.165, 1.54) is 11.8 Å². The van der Waals surface area contributed by atoms with E-state index in [2.05, 4.69) is 36.8 Å². The highest BCUT2D eigenvalue weighted by Gasteiger charge is 2.09. The first kappa shape index (κ1) is 18.4. The summed E-state index contributed by atoms with van der Waals surface area (Å²) in [6, 6.07) is 10.7.